The second-order valence-corrected chi connectivity index (χ2v) is 6.58. The molecule has 1 aliphatic carbocycles. The van der Waals surface area contributed by atoms with Crippen LogP contribution in [0.1, 0.15) is 36.0 Å². The van der Waals surface area contributed by atoms with E-state index in [1.54, 1.807) is 43.5 Å². The summed E-state index contributed by atoms with van der Waals surface area (Å²) in [6.45, 7) is 0. The molecule has 0 aliphatic heterocycles. The third kappa shape index (κ3) is 5.48. The number of para-hydroxylation sites is 1. The van der Waals surface area contributed by atoms with E-state index in [0.29, 0.717) is 23.4 Å². The third-order valence-electron chi connectivity index (χ3n) is 4.61. The Labute approximate surface area is 158 Å². The summed E-state index contributed by atoms with van der Waals surface area (Å²) in [5.74, 6) is 0.583. The van der Waals surface area contributed by atoms with Gasteiger partial charge in [0.15, 0.2) is 0 Å². The molecule has 27 heavy (non-hydrogen) atoms. The Hall–Kier alpha value is -3.02. The second-order valence-electron chi connectivity index (χ2n) is 6.58. The van der Waals surface area contributed by atoms with Crippen LogP contribution in [0.25, 0.3) is 0 Å². The maximum absolute atomic E-state index is 12.4. The summed E-state index contributed by atoms with van der Waals surface area (Å²) in [5, 5.41) is 5.76. The zero-order chi connectivity index (χ0) is 19.1. The first-order valence-electron chi connectivity index (χ1n) is 9.11. The summed E-state index contributed by atoms with van der Waals surface area (Å²) in [6.07, 6.45) is 2.53. The number of methoxy groups -OCH3 is 1. The van der Waals surface area contributed by atoms with Crippen molar-refractivity contribution >= 4 is 17.7 Å². The van der Waals surface area contributed by atoms with Gasteiger partial charge in [-0.25, -0.2) is 4.79 Å². The maximum Gasteiger partial charge on any atom is 0.411 e. The number of ether oxygens (including phenoxy) is 2. The van der Waals surface area contributed by atoms with E-state index in [1.165, 1.54) is 0 Å². The van der Waals surface area contributed by atoms with Gasteiger partial charge in [-0.1, -0.05) is 18.2 Å². The van der Waals surface area contributed by atoms with Crippen molar-refractivity contribution < 1.29 is 19.1 Å². The fourth-order valence-corrected chi connectivity index (χ4v) is 3.21. The first-order chi connectivity index (χ1) is 13.1. The Morgan fingerprint density at radius 1 is 1.00 bits per heavy atom. The van der Waals surface area contributed by atoms with Crippen LogP contribution < -0.4 is 15.4 Å². The standard InChI is InChI=1S/C21H24N2O4/c1-26-18-12-10-15(11-13-18)20(24)22-17-8-5-9-19(14-17)27-21(25)23-16-6-3-2-4-7-16/h2-4,6-7,10-13,17,19H,5,8-9,14H2,1H3,(H,22,24)(H,23,25)/t17-,19-/m0/s1. The predicted octanol–water partition coefficient (Wildman–Crippen LogP) is 3.98. The van der Waals surface area contributed by atoms with Crippen LogP contribution in [0.3, 0.4) is 0 Å². The molecule has 2 aromatic rings. The molecular formula is C21H24N2O4. The topological polar surface area (TPSA) is 76.7 Å². The summed E-state index contributed by atoms with van der Waals surface area (Å²) in [5.41, 5.74) is 1.28. The monoisotopic (exact) mass is 368 g/mol. The van der Waals surface area contributed by atoms with E-state index in [4.69, 9.17) is 9.47 Å². The fraction of sp³-hybridized carbons (Fsp3) is 0.333. The lowest BCUT2D eigenvalue weighted by molar-refractivity contribution is 0.0712. The number of carbonyl (C=O) groups excluding carboxylic acids is 2. The summed E-state index contributed by atoms with van der Waals surface area (Å²) in [7, 11) is 1.59. The van der Waals surface area contributed by atoms with Crippen LogP contribution in [0.15, 0.2) is 54.6 Å². The van der Waals surface area contributed by atoms with Crippen LogP contribution in [-0.4, -0.2) is 31.3 Å². The third-order valence-corrected chi connectivity index (χ3v) is 4.61. The summed E-state index contributed by atoms with van der Waals surface area (Å²) >= 11 is 0. The highest BCUT2D eigenvalue weighted by Crippen LogP contribution is 2.22. The molecule has 0 saturated heterocycles. The SMILES string of the molecule is COc1ccc(C(=O)N[C@H]2CCC[C@H](OC(=O)Nc3ccccc3)C2)cc1. The van der Waals surface area contributed by atoms with Crippen LogP contribution in [0, 0.1) is 0 Å². The van der Waals surface area contributed by atoms with E-state index in [2.05, 4.69) is 10.6 Å². The van der Waals surface area contributed by atoms with Crippen LogP contribution in [0.4, 0.5) is 10.5 Å². The minimum absolute atomic E-state index is 0.0112. The normalized spacial score (nSPS) is 19.0. The lowest BCUT2D eigenvalue weighted by Crippen LogP contribution is -2.41. The van der Waals surface area contributed by atoms with Gasteiger partial charge in [-0.2, -0.15) is 0 Å². The second kappa shape index (κ2) is 9.07. The zero-order valence-electron chi connectivity index (χ0n) is 15.3. The van der Waals surface area contributed by atoms with E-state index >= 15 is 0 Å². The van der Waals surface area contributed by atoms with Gasteiger partial charge in [-0.15, -0.1) is 0 Å². The molecule has 6 nitrogen and oxygen atoms in total. The molecule has 0 bridgehead atoms. The van der Waals surface area contributed by atoms with Gasteiger partial charge in [0.05, 0.1) is 7.11 Å². The van der Waals surface area contributed by atoms with Gasteiger partial charge >= 0.3 is 6.09 Å². The molecule has 2 N–H and O–H groups in total. The maximum atomic E-state index is 12.4. The van der Waals surface area contributed by atoms with Crippen molar-refractivity contribution in [3.8, 4) is 5.75 Å². The average Bonchev–Trinajstić information content (AvgIpc) is 2.69. The molecule has 3 rings (SSSR count). The van der Waals surface area contributed by atoms with Crippen LogP contribution in [0.5, 0.6) is 5.75 Å². The van der Waals surface area contributed by atoms with Gasteiger partial charge in [-0.05, 0) is 55.7 Å². The molecule has 142 valence electrons. The molecule has 2 aromatic carbocycles. The van der Waals surface area contributed by atoms with Gasteiger partial charge in [0.25, 0.3) is 5.91 Å². The Morgan fingerprint density at radius 2 is 1.74 bits per heavy atom. The van der Waals surface area contributed by atoms with Crippen LogP contribution in [0.2, 0.25) is 0 Å². The fourth-order valence-electron chi connectivity index (χ4n) is 3.21. The minimum Gasteiger partial charge on any atom is -0.497 e. The molecule has 6 heteroatoms. The molecule has 2 atom stereocenters. The van der Waals surface area contributed by atoms with Crippen molar-refractivity contribution in [3.63, 3.8) is 0 Å². The van der Waals surface area contributed by atoms with Crippen molar-refractivity contribution in [1.29, 1.82) is 0 Å². The molecule has 2 amide bonds. The van der Waals surface area contributed by atoms with Crippen LogP contribution >= 0.6 is 0 Å². The molecule has 0 unspecified atom stereocenters. The van der Waals surface area contributed by atoms with E-state index in [0.717, 1.165) is 19.3 Å². The number of hydrogen-bond donors (Lipinski definition) is 2. The van der Waals surface area contributed by atoms with E-state index in [9.17, 15) is 9.59 Å². The zero-order valence-corrected chi connectivity index (χ0v) is 15.3. The van der Waals surface area contributed by atoms with Crippen molar-refractivity contribution in [2.75, 3.05) is 12.4 Å². The van der Waals surface area contributed by atoms with Crippen molar-refractivity contribution in [3.05, 3.63) is 60.2 Å². The van der Waals surface area contributed by atoms with Gasteiger partial charge in [0.2, 0.25) is 0 Å². The summed E-state index contributed by atoms with van der Waals surface area (Å²) < 4.78 is 10.6. The Morgan fingerprint density at radius 3 is 2.44 bits per heavy atom. The van der Waals surface area contributed by atoms with Crippen molar-refractivity contribution in [2.24, 2.45) is 0 Å². The van der Waals surface area contributed by atoms with Crippen molar-refractivity contribution in [2.45, 2.75) is 37.8 Å². The molecule has 1 saturated carbocycles. The summed E-state index contributed by atoms with van der Waals surface area (Å²) in [6, 6.07) is 16.2. The smallest absolute Gasteiger partial charge is 0.411 e. The van der Waals surface area contributed by atoms with Gasteiger partial charge in [0, 0.05) is 23.7 Å². The molecule has 1 fully saturated rings. The molecule has 0 aromatic heterocycles. The van der Waals surface area contributed by atoms with Crippen molar-refractivity contribution in [1.82, 2.24) is 5.32 Å². The van der Waals surface area contributed by atoms with Gasteiger partial charge in [-0.3, -0.25) is 10.1 Å². The highest BCUT2D eigenvalue weighted by atomic mass is 16.6. The number of rotatable bonds is 5. The molecule has 0 radical (unpaired) electrons. The number of benzene rings is 2. The Balaban J connectivity index is 1.49. The first-order valence-corrected chi connectivity index (χ1v) is 9.11. The number of hydrogen-bond acceptors (Lipinski definition) is 4. The Kier molecular flexibility index (Phi) is 6.30. The number of carbonyl (C=O) groups is 2. The largest absolute Gasteiger partial charge is 0.497 e. The lowest BCUT2D eigenvalue weighted by Gasteiger charge is -2.29. The average molecular weight is 368 g/mol. The molecule has 0 spiro atoms. The van der Waals surface area contributed by atoms with Crippen LogP contribution in [-0.2, 0) is 4.74 Å². The lowest BCUT2D eigenvalue weighted by atomic mass is 9.92. The van der Waals surface area contributed by atoms with Gasteiger partial charge < -0.3 is 14.8 Å². The molecule has 1 aliphatic rings. The Bertz CT molecular complexity index is 762. The van der Waals surface area contributed by atoms with E-state index in [1.807, 2.05) is 18.2 Å². The highest BCUT2D eigenvalue weighted by molar-refractivity contribution is 5.94. The number of anilines is 1. The highest BCUT2D eigenvalue weighted by Gasteiger charge is 2.26. The number of amides is 2. The first kappa shape index (κ1) is 18.8. The predicted molar refractivity (Wildman–Crippen MR) is 103 cm³/mol. The van der Waals surface area contributed by atoms with E-state index < -0.39 is 6.09 Å². The molecular weight excluding hydrogens is 344 g/mol. The summed E-state index contributed by atoms with van der Waals surface area (Å²) in [4.78, 5) is 24.5. The molecule has 0 heterocycles. The quantitative estimate of drug-likeness (QED) is 0.837. The van der Waals surface area contributed by atoms with Gasteiger partial charge in [0.1, 0.15) is 11.9 Å². The minimum atomic E-state index is -0.465. The van der Waals surface area contributed by atoms with E-state index in [-0.39, 0.29) is 18.1 Å². The number of nitrogens with one attached hydrogen (secondary N) is 2.